The number of benzene rings is 2. The second-order valence-electron chi connectivity index (χ2n) is 7.06. The van der Waals surface area contributed by atoms with Crippen LogP contribution in [0.1, 0.15) is 16.7 Å². The molecule has 0 unspecified atom stereocenters. The summed E-state index contributed by atoms with van der Waals surface area (Å²) >= 11 is 0. The van der Waals surface area contributed by atoms with E-state index in [4.69, 9.17) is 23.7 Å². The van der Waals surface area contributed by atoms with Crippen molar-refractivity contribution in [2.75, 3.05) is 41.6 Å². The van der Waals surface area contributed by atoms with Crippen LogP contribution in [0.25, 0.3) is 0 Å². The number of ether oxygens (including phenoxy) is 5. The number of hydrogen-bond acceptors (Lipinski definition) is 7. The molecule has 0 aromatic heterocycles. The molecule has 2 aromatic carbocycles. The lowest BCUT2D eigenvalue weighted by Crippen LogP contribution is -2.38. The first-order valence-corrected chi connectivity index (χ1v) is 9.87. The lowest BCUT2D eigenvalue weighted by Gasteiger charge is -2.29. The van der Waals surface area contributed by atoms with E-state index in [2.05, 4.69) is 0 Å². The Bertz CT molecular complexity index is 957. The lowest BCUT2D eigenvalue weighted by atomic mass is 9.99. The number of carbonyl (C=O) groups is 2. The van der Waals surface area contributed by atoms with Gasteiger partial charge < -0.3 is 28.6 Å². The highest BCUT2D eigenvalue weighted by molar-refractivity contribution is 5.82. The third kappa shape index (κ3) is 5.20. The first-order valence-electron chi connectivity index (χ1n) is 9.87. The lowest BCUT2D eigenvalue weighted by molar-refractivity contribution is -0.151. The molecular formula is C23H27NO7. The maximum Gasteiger partial charge on any atom is 0.310 e. The molecule has 0 N–H and O–H groups in total. The average Bonchev–Trinajstić information content (AvgIpc) is 2.81. The Morgan fingerprint density at radius 1 is 0.871 bits per heavy atom. The number of rotatable bonds is 8. The minimum Gasteiger partial charge on any atom is -0.497 e. The number of fused-ring (bicyclic) bond motifs is 1. The minimum atomic E-state index is -0.499. The number of hydrogen-bond donors (Lipinski definition) is 0. The fraction of sp³-hybridized carbons (Fsp3) is 0.391. The third-order valence-electron chi connectivity index (χ3n) is 5.26. The molecule has 1 amide bonds. The summed E-state index contributed by atoms with van der Waals surface area (Å²) in [5, 5.41) is 0. The highest BCUT2D eigenvalue weighted by Crippen LogP contribution is 2.33. The van der Waals surface area contributed by atoms with E-state index in [0.29, 0.717) is 48.1 Å². The Labute approximate surface area is 181 Å². The molecule has 1 aliphatic heterocycles. The van der Waals surface area contributed by atoms with Crippen LogP contribution in [-0.2, 0) is 33.7 Å². The molecule has 8 nitrogen and oxygen atoms in total. The van der Waals surface area contributed by atoms with Crippen molar-refractivity contribution in [1.29, 1.82) is 0 Å². The highest BCUT2D eigenvalue weighted by Gasteiger charge is 2.24. The van der Waals surface area contributed by atoms with Crippen LogP contribution in [0.4, 0.5) is 0 Å². The van der Waals surface area contributed by atoms with Crippen molar-refractivity contribution in [3.05, 3.63) is 47.0 Å². The van der Waals surface area contributed by atoms with E-state index in [1.54, 1.807) is 44.4 Å². The van der Waals surface area contributed by atoms with Gasteiger partial charge in [0.05, 0.1) is 34.9 Å². The van der Waals surface area contributed by atoms with Crippen LogP contribution in [0.5, 0.6) is 23.0 Å². The van der Waals surface area contributed by atoms with Crippen LogP contribution in [0.3, 0.4) is 0 Å². The van der Waals surface area contributed by atoms with E-state index in [-0.39, 0.29) is 18.9 Å². The van der Waals surface area contributed by atoms with Gasteiger partial charge in [-0.05, 0) is 35.7 Å². The summed E-state index contributed by atoms with van der Waals surface area (Å²) in [5.74, 6) is 1.71. The van der Waals surface area contributed by atoms with Crippen molar-refractivity contribution in [1.82, 2.24) is 4.90 Å². The SMILES string of the molecule is COc1ccc(CC(=O)OCC(=O)N2CCc3cc(OC)c(OC)cc3C2)c(OC)c1. The monoisotopic (exact) mass is 429 g/mol. The summed E-state index contributed by atoms with van der Waals surface area (Å²) in [6, 6.07) is 9.00. The van der Waals surface area contributed by atoms with Crippen LogP contribution in [0, 0.1) is 0 Å². The summed E-state index contributed by atoms with van der Waals surface area (Å²) in [7, 11) is 6.25. The topological polar surface area (TPSA) is 83.5 Å². The van der Waals surface area contributed by atoms with Gasteiger partial charge in [0.2, 0.25) is 0 Å². The average molecular weight is 429 g/mol. The van der Waals surface area contributed by atoms with Crippen LogP contribution in [0.15, 0.2) is 30.3 Å². The summed E-state index contributed by atoms with van der Waals surface area (Å²) in [6.45, 7) is 0.670. The largest absolute Gasteiger partial charge is 0.497 e. The van der Waals surface area contributed by atoms with E-state index in [9.17, 15) is 9.59 Å². The standard InChI is InChI=1S/C23H27NO7/c1-27-18-6-5-16(19(12-18)28-2)11-23(26)31-14-22(25)24-8-7-15-9-20(29-3)21(30-4)10-17(15)13-24/h5-6,9-10,12H,7-8,11,13-14H2,1-4H3. The third-order valence-corrected chi connectivity index (χ3v) is 5.26. The molecule has 0 radical (unpaired) electrons. The van der Waals surface area contributed by atoms with Crippen molar-refractivity contribution < 1.29 is 33.3 Å². The first-order chi connectivity index (χ1) is 15.0. The summed E-state index contributed by atoms with van der Waals surface area (Å²) < 4.78 is 26.4. The molecule has 31 heavy (non-hydrogen) atoms. The van der Waals surface area contributed by atoms with E-state index in [1.807, 2.05) is 12.1 Å². The van der Waals surface area contributed by atoms with Crippen molar-refractivity contribution in [2.45, 2.75) is 19.4 Å². The van der Waals surface area contributed by atoms with Crippen molar-refractivity contribution in [2.24, 2.45) is 0 Å². The second kappa shape index (κ2) is 10.1. The maximum atomic E-state index is 12.6. The van der Waals surface area contributed by atoms with Crippen LogP contribution in [-0.4, -0.2) is 58.4 Å². The summed E-state index contributed by atoms with van der Waals surface area (Å²) in [4.78, 5) is 26.5. The van der Waals surface area contributed by atoms with Crippen molar-refractivity contribution in [3.8, 4) is 23.0 Å². The van der Waals surface area contributed by atoms with Gasteiger partial charge >= 0.3 is 5.97 Å². The fourth-order valence-corrected chi connectivity index (χ4v) is 3.53. The van der Waals surface area contributed by atoms with Crippen LogP contribution < -0.4 is 18.9 Å². The van der Waals surface area contributed by atoms with Crippen LogP contribution in [0.2, 0.25) is 0 Å². The molecular weight excluding hydrogens is 402 g/mol. The zero-order chi connectivity index (χ0) is 22.4. The van der Waals surface area contributed by atoms with Crippen molar-refractivity contribution in [3.63, 3.8) is 0 Å². The van der Waals surface area contributed by atoms with Gasteiger partial charge in [-0.2, -0.15) is 0 Å². The Hall–Kier alpha value is -3.42. The second-order valence-corrected chi connectivity index (χ2v) is 7.06. The highest BCUT2D eigenvalue weighted by atomic mass is 16.5. The quantitative estimate of drug-likeness (QED) is 0.596. The molecule has 0 bridgehead atoms. The van der Waals surface area contributed by atoms with Gasteiger partial charge in [0, 0.05) is 24.7 Å². The zero-order valence-corrected chi connectivity index (χ0v) is 18.2. The zero-order valence-electron chi connectivity index (χ0n) is 18.2. The molecule has 0 spiro atoms. The molecule has 166 valence electrons. The van der Waals surface area contributed by atoms with Gasteiger partial charge in [-0.15, -0.1) is 0 Å². The van der Waals surface area contributed by atoms with Gasteiger partial charge in [0.1, 0.15) is 11.5 Å². The molecule has 8 heteroatoms. The fourth-order valence-electron chi connectivity index (χ4n) is 3.53. The van der Waals surface area contributed by atoms with E-state index >= 15 is 0 Å². The van der Waals surface area contributed by atoms with Gasteiger partial charge in [-0.3, -0.25) is 9.59 Å². The minimum absolute atomic E-state index is 0.000272. The van der Waals surface area contributed by atoms with Gasteiger partial charge in [-0.25, -0.2) is 0 Å². The molecule has 0 saturated carbocycles. The molecule has 1 heterocycles. The van der Waals surface area contributed by atoms with Gasteiger partial charge in [-0.1, -0.05) is 6.07 Å². The molecule has 0 aliphatic carbocycles. The number of methoxy groups -OCH3 is 4. The van der Waals surface area contributed by atoms with Crippen molar-refractivity contribution >= 4 is 11.9 Å². The van der Waals surface area contributed by atoms with Gasteiger partial charge in [0.25, 0.3) is 5.91 Å². The van der Waals surface area contributed by atoms with Gasteiger partial charge in [0.15, 0.2) is 18.1 Å². The maximum absolute atomic E-state index is 12.6. The molecule has 1 aliphatic rings. The number of carbonyl (C=O) groups excluding carboxylic acids is 2. The Morgan fingerprint density at radius 2 is 1.55 bits per heavy atom. The smallest absolute Gasteiger partial charge is 0.310 e. The first kappa shape index (κ1) is 22.3. The Kier molecular flexibility index (Phi) is 7.23. The molecule has 0 saturated heterocycles. The number of nitrogens with zero attached hydrogens (tertiary/aromatic N) is 1. The normalized spacial score (nSPS) is 12.6. The summed E-state index contributed by atoms with van der Waals surface area (Å²) in [5.41, 5.74) is 2.77. The predicted octanol–water partition coefficient (Wildman–Crippen LogP) is 2.39. The van der Waals surface area contributed by atoms with E-state index in [1.165, 1.54) is 7.11 Å². The number of esters is 1. The number of amides is 1. The Morgan fingerprint density at radius 3 is 2.19 bits per heavy atom. The summed E-state index contributed by atoms with van der Waals surface area (Å²) in [6.07, 6.45) is 0.693. The molecule has 0 atom stereocenters. The van der Waals surface area contributed by atoms with Crippen LogP contribution >= 0.6 is 0 Å². The Balaban J connectivity index is 1.57. The van der Waals surface area contributed by atoms with E-state index < -0.39 is 5.97 Å². The molecule has 2 aromatic rings. The predicted molar refractivity (Wildman–Crippen MR) is 113 cm³/mol. The molecule has 3 rings (SSSR count). The van der Waals surface area contributed by atoms with E-state index in [0.717, 1.165) is 11.1 Å². The molecule has 0 fully saturated rings.